The van der Waals surface area contributed by atoms with Crippen LogP contribution in [-0.4, -0.2) is 54.6 Å². The van der Waals surface area contributed by atoms with Crippen LogP contribution in [0.2, 0.25) is 0 Å². The Morgan fingerprint density at radius 3 is 2.95 bits per heavy atom. The average Bonchev–Trinajstić information content (AvgIpc) is 2.35. The van der Waals surface area contributed by atoms with Crippen LogP contribution in [-0.2, 0) is 4.74 Å². The third-order valence-electron chi connectivity index (χ3n) is 3.41. The molecule has 0 aliphatic carbocycles. The number of hydrogen-bond acceptors (Lipinski definition) is 4. The molecular formula is C16H25NO3. The van der Waals surface area contributed by atoms with Crippen molar-refractivity contribution < 1.29 is 14.6 Å². The molecule has 1 aromatic carbocycles. The van der Waals surface area contributed by atoms with Gasteiger partial charge in [0.2, 0.25) is 0 Å². The van der Waals surface area contributed by atoms with E-state index in [-0.39, 0.29) is 5.60 Å². The van der Waals surface area contributed by atoms with Crippen LogP contribution in [0, 0.1) is 6.92 Å². The second-order valence-corrected chi connectivity index (χ2v) is 6.12. The Morgan fingerprint density at radius 1 is 1.45 bits per heavy atom. The van der Waals surface area contributed by atoms with Gasteiger partial charge in [0.1, 0.15) is 18.5 Å². The Labute approximate surface area is 121 Å². The molecule has 1 saturated heterocycles. The molecule has 0 spiro atoms. The summed E-state index contributed by atoms with van der Waals surface area (Å²) in [5, 5.41) is 10.1. The van der Waals surface area contributed by atoms with Crippen molar-refractivity contribution in [3.8, 4) is 5.75 Å². The van der Waals surface area contributed by atoms with Crippen molar-refractivity contribution in [1.82, 2.24) is 4.90 Å². The second-order valence-electron chi connectivity index (χ2n) is 6.12. The quantitative estimate of drug-likeness (QED) is 0.893. The van der Waals surface area contributed by atoms with Gasteiger partial charge < -0.3 is 14.6 Å². The Bertz CT molecular complexity index is 433. The molecule has 1 fully saturated rings. The standard InChI is InChI=1S/C16H25NO3/c1-13-5-4-6-15(9-13)19-11-14(18)10-17-7-8-20-16(2,3)12-17/h4-6,9,14,18H,7-8,10-12H2,1-3H3. The number of hydrogen-bond donors (Lipinski definition) is 1. The molecule has 1 aliphatic heterocycles. The Hall–Kier alpha value is -1.10. The minimum Gasteiger partial charge on any atom is -0.491 e. The van der Waals surface area contributed by atoms with Crippen molar-refractivity contribution in [3.63, 3.8) is 0 Å². The highest BCUT2D eigenvalue weighted by Gasteiger charge is 2.28. The summed E-state index contributed by atoms with van der Waals surface area (Å²) in [6.07, 6.45) is -0.482. The van der Waals surface area contributed by atoms with E-state index in [0.717, 1.165) is 31.0 Å². The smallest absolute Gasteiger partial charge is 0.119 e. The molecule has 0 saturated carbocycles. The number of ether oxygens (including phenoxy) is 2. The molecule has 1 unspecified atom stereocenters. The van der Waals surface area contributed by atoms with E-state index in [4.69, 9.17) is 9.47 Å². The van der Waals surface area contributed by atoms with Crippen molar-refractivity contribution in [3.05, 3.63) is 29.8 Å². The minimum atomic E-state index is -0.482. The molecule has 1 N–H and O–H groups in total. The molecule has 1 aromatic rings. The summed E-state index contributed by atoms with van der Waals surface area (Å²) < 4.78 is 11.3. The SMILES string of the molecule is Cc1cccc(OCC(O)CN2CCOC(C)(C)C2)c1. The lowest BCUT2D eigenvalue weighted by molar-refractivity contribution is -0.0947. The van der Waals surface area contributed by atoms with E-state index in [0.29, 0.717) is 13.2 Å². The number of β-amino-alcohol motifs (C(OH)–C–C–N with tert-alkyl or cyclic N) is 1. The molecule has 1 atom stereocenters. The van der Waals surface area contributed by atoms with Gasteiger partial charge in [0.15, 0.2) is 0 Å². The van der Waals surface area contributed by atoms with Crippen LogP contribution in [0.3, 0.4) is 0 Å². The summed E-state index contributed by atoms with van der Waals surface area (Å²) in [5.41, 5.74) is 1.03. The van der Waals surface area contributed by atoms with Gasteiger partial charge in [0.05, 0.1) is 12.2 Å². The molecule has 112 valence electrons. The molecule has 20 heavy (non-hydrogen) atoms. The van der Waals surface area contributed by atoms with E-state index in [2.05, 4.69) is 18.7 Å². The van der Waals surface area contributed by atoms with Gasteiger partial charge in [0, 0.05) is 19.6 Å². The second kappa shape index (κ2) is 6.57. The lowest BCUT2D eigenvalue weighted by Gasteiger charge is -2.38. The first-order chi connectivity index (χ1) is 9.44. The Kier molecular flexibility index (Phi) is 5.02. The monoisotopic (exact) mass is 279 g/mol. The Morgan fingerprint density at radius 2 is 2.25 bits per heavy atom. The minimum absolute atomic E-state index is 0.130. The summed E-state index contributed by atoms with van der Waals surface area (Å²) in [4.78, 5) is 2.23. The van der Waals surface area contributed by atoms with Gasteiger partial charge in [-0.05, 0) is 38.5 Å². The van der Waals surface area contributed by atoms with Gasteiger partial charge in [-0.2, -0.15) is 0 Å². The molecular weight excluding hydrogens is 254 g/mol. The van der Waals surface area contributed by atoms with E-state index in [1.165, 1.54) is 0 Å². The van der Waals surface area contributed by atoms with Crippen LogP contribution >= 0.6 is 0 Å². The zero-order chi connectivity index (χ0) is 14.6. The summed E-state index contributed by atoms with van der Waals surface area (Å²) in [5.74, 6) is 0.811. The number of morpholine rings is 1. The van der Waals surface area contributed by atoms with Gasteiger partial charge >= 0.3 is 0 Å². The fraction of sp³-hybridized carbons (Fsp3) is 0.625. The lowest BCUT2D eigenvalue weighted by Crippen LogP contribution is -2.50. The molecule has 4 nitrogen and oxygen atoms in total. The fourth-order valence-electron chi connectivity index (χ4n) is 2.52. The highest BCUT2D eigenvalue weighted by molar-refractivity contribution is 5.27. The predicted octanol–water partition coefficient (Wildman–Crippen LogP) is 1.85. The summed E-state index contributed by atoms with van der Waals surface area (Å²) in [7, 11) is 0. The Balaban J connectivity index is 1.76. The van der Waals surface area contributed by atoms with Gasteiger partial charge in [-0.1, -0.05) is 12.1 Å². The summed E-state index contributed by atoms with van der Waals surface area (Å²) in [6.45, 7) is 9.56. The van der Waals surface area contributed by atoms with Gasteiger partial charge in [-0.25, -0.2) is 0 Å². The maximum absolute atomic E-state index is 10.1. The van der Waals surface area contributed by atoms with E-state index >= 15 is 0 Å². The molecule has 1 heterocycles. The summed E-state index contributed by atoms with van der Waals surface area (Å²) in [6, 6.07) is 7.88. The maximum atomic E-state index is 10.1. The van der Waals surface area contributed by atoms with Crippen LogP contribution in [0.4, 0.5) is 0 Å². The number of aryl methyl sites for hydroxylation is 1. The lowest BCUT2D eigenvalue weighted by atomic mass is 10.1. The van der Waals surface area contributed by atoms with E-state index in [9.17, 15) is 5.11 Å². The van der Waals surface area contributed by atoms with Crippen LogP contribution in [0.5, 0.6) is 5.75 Å². The van der Waals surface area contributed by atoms with Crippen LogP contribution in [0.1, 0.15) is 19.4 Å². The normalized spacial score (nSPS) is 20.6. The largest absolute Gasteiger partial charge is 0.491 e. The van der Waals surface area contributed by atoms with E-state index in [1.54, 1.807) is 0 Å². The topological polar surface area (TPSA) is 41.9 Å². The molecule has 0 amide bonds. The maximum Gasteiger partial charge on any atom is 0.119 e. The fourth-order valence-corrected chi connectivity index (χ4v) is 2.52. The first-order valence-corrected chi connectivity index (χ1v) is 7.18. The number of rotatable bonds is 5. The van der Waals surface area contributed by atoms with Crippen LogP contribution in [0.15, 0.2) is 24.3 Å². The highest BCUT2D eigenvalue weighted by Crippen LogP contribution is 2.17. The van der Waals surface area contributed by atoms with Gasteiger partial charge in [-0.15, -0.1) is 0 Å². The first kappa shape index (κ1) is 15.3. The van der Waals surface area contributed by atoms with Gasteiger partial charge in [-0.3, -0.25) is 4.90 Å². The zero-order valence-corrected chi connectivity index (χ0v) is 12.6. The zero-order valence-electron chi connectivity index (χ0n) is 12.6. The number of aliphatic hydroxyl groups is 1. The van der Waals surface area contributed by atoms with Crippen LogP contribution < -0.4 is 4.74 Å². The molecule has 1 aliphatic rings. The van der Waals surface area contributed by atoms with Crippen molar-refractivity contribution in [2.24, 2.45) is 0 Å². The van der Waals surface area contributed by atoms with Gasteiger partial charge in [0.25, 0.3) is 0 Å². The van der Waals surface area contributed by atoms with Crippen LogP contribution in [0.25, 0.3) is 0 Å². The third-order valence-corrected chi connectivity index (χ3v) is 3.41. The number of aliphatic hydroxyl groups excluding tert-OH is 1. The number of benzene rings is 1. The molecule has 0 radical (unpaired) electrons. The average molecular weight is 279 g/mol. The molecule has 0 aromatic heterocycles. The molecule has 2 rings (SSSR count). The van der Waals surface area contributed by atoms with E-state index in [1.807, 2.05) is 31.2 Å². The molecule has 4 heteroatoms. The van der Waals surface area contributed by atoms with E-state index < -0.39 is 6.10 Å². The predicted molar refractivity (Wildman–Crippen MR) is 79.2 cm³/mol. The van der Waals surface area contributed by atoms with Crippen molar-refractivity contribution >= 4 is 0 Å². The first-order valence-electron chi connectivity index (χ1n) is 7.18. The molecule has 0 bridgehead atoms. The van der Waals surface area contributed by atoms with Crippen molar-refractivity contribution in [2.75, 3.05) is 32.8 Å². The number of nitrogens with zero attached hydrogens (tertiary/aromatic N) is 1. The van der Waals surface area contributed by atoms with Crippen molar-refractivity contribution in [2.45, 2.75) is 32.5 Å². The summed E-state index contributed by atoms with van der Waals surface area (Å²) >= 11 is 0. The van der Waals surface area contributed by atoms with Crippen molar-refractivity contribution in [1.29, 1.82) is 0 Å². The highest BCUT2D eigenvalue weighted by atomic mass is 16.5. The third kappa shape index (κ3) is 4.78.